The van der Waals surface area contributed by atoms with Gasteiger partial charge in [-0.15, -0.1) is 0 Å². The Morgan fingerprint density at radius 3 is 2.60 bits per heavy atom. The lowest BCUT2D eigenvalue weighted by molar-refractivity contribution is 0.0288. The van der Waals surface area contributed by atoms with E-state index in [1.807, 2.05) is 0 Å². The zero-order chi connectivity index (χ0) is 17.2. The molecule has 1 atom stereocenters. The van der Waals surface area contributed by atoms with Crippen LogP contribution in [0.4, 0.5) is 0 Å². The minimum atomic E-state index is 0.0339. The molecule has 1 fully saturated rings. The lowest BCUT2D eigenvalue weighted by Crippen LogP contribution is -2.23. The monoisotopic (exact) mass is 332 g/mol. The normalized spacial score (nSPS) is 17.9. The largest absolute Gasteiger partial charge is 0.357 e. The second kappa shape index (κ2) is 6.87. The zero-order valence-electron chi connectivity index (χ0n) is 14.9. The van der Waals surface area contributed by atoms with Crippen LogP contribution in [0.2, 0.25) is 0 Å². The molecule has 0 bridgehead atoms. The van der Waals surface area contributed by atoms with Crippen molar-refractivity contribution >= 4 is 0 Å². The third-order valence-corrected chi connectivity index (χ3v) is 4.89. The van der Waals surface area contributed by atoms with Crippen LogP contribution < -0.4 is 0 Å². The molecule has 2 aromatic carbocycles. The number of aryl methyl sites for hydroxylation is 2. The molecule has 1 aliphatic rings. The molecule has 0 saturated carbocycles. The lowest BCUT2D eigenvalue weighted by Gasteiger charge is -2.22. The minimum absolute atomic E-state index is 0.0339. The van der Waals surface area contributed by atoms with Crippen LogP contribution in [-0.4, -0.2) is 22.6 Å². The summed E-state index contributed by atoms with van der Waals surface area (Å²) in [5.41, 5.74) is 6.34. The van der Waals surface area contributed by atoms with Gasteiger partial charge in [0, 0.05) is 36.7 Å². The molecule has 1 aliphatic heterocycles. The van der Waals surface area contributed by atoms with Crippen LogP contribution in [0.25, 0.3) is 5.69 Å². The molecule has 2 heterocycles. The molecule has 0 unspecified atom stereocenters. The summed E-state index contributed by atoms with van der Waals surface area (Å²) >= 11 is 0. The zero-order valence-corrected chi connectivity index (χ0v) is 14.9. The van der Waals surface area contributed by atoms with Gasteiger partial charge in [0.25, 0.3) is 0 Å². The van der Waals surface area contributed by atoms with E-state index in [9.17, 15) is 0 Å². The van der Waals surface area contributed by atoms with E-state index < -0.39 is 0 Å². The van der Waals surface area contributed by atoms with Crippen molar-refractivity contribution in [3.05, 3.63) is 89.2 Å². The standard InChI is InChI=1S/C22H24N2O/c1-17-7-9-19(10-8-17)15-24-13-14-25-22(24)20-11-12-23(16-20)21-6-4-3-5-18(21)2/h3-12,16,22H,13-15H2,1-2H3/t22-/m1/s1. The molecule has 0 amide bonds. The van der Waals surface area contributed by atoms with Crippen LogP contribution >= 0.6 is 0 Å². The SMILES string of the molecule is Cc1ccc(CN2CCO[C@@H]2c2ccn(-c3ccccc3C)c2)cc1. The lowest BCUT2D eigenvalue weighted by atomic mass is 10.1. The molecular weight excluding hydrogens is 308 g/mol. The average Bonchev–Trinajstić information content (AvgIpc) is 3.26. The highest BCUT2D eigenvalue weighted by molar-refractivity contribution is 5.41. The Labute approximate surface area is 149 Å². The van der Waals surface area contributed by atoms with E-state index >= 15 is 0 Å². The van der Waals surface area contributed by atoms with Gasteiger partial charge in [-0.2, -0.15) is 0 Å². The number of hydrogen-bond acceptors (Lipinski definition) is 2. The maximum absolute atomic E-state index is 6.04. The van der Waals surface area contributed by atoms with E-state index in [4.69, 9.17) is 4.74 Å². The fourth-order valence-electron chi connectivity index (χ4n) is 3.46. The van der Waals surface area contributed by atoms with Gasteiger partial charge < -0.3 is 9.30 Å². The van der Waals surface area contributed by atoms with Gasteiger partial charge in [-0.05, 0) is 37.1 Å². The van der Waals surface area contributed by atoms with E-state index in [0.717, 1.165) is 19.7 Å². The molecule has 3 heteroatoms. The maximum atomic E-state index is 6.04. The van der Waals surface area contributed by atoms with Crippen LogP contribution in [0, 0.1) is 13.8 Å². The van der Waals surface area contributed by atoms with Crippen molar-refractivity contribution in [3.8, 4) is 5.69 Å². The van der Waals surface area contributed by atoms with Crippen molar-refractivity contribution in [2.45, 2.75) is 26.6 Å². The number of ether oxygens (including phenoxy) is 1. The second-order valence-electron chi connectivity index (χ2n) is 6.82. The van der Waals surface area contributed by atoms with E-state index in [0.29, 0.717) is 0 Å². The van der Waals surface area contributed by atoms with Crippen LogP contribution in [0.15, 0.2) is 67.0 Å². The fourth-order valence-corrected chi connectivity index (χ4v) is 3.46. The predicted molar refractivity (Wildman–Crippen MR) is 101 cm³/mol. The van der Waals surface area contributed by atoms with Gasteiger partial charge in [-0.25, -0.2) is 0 Å². The minimum Gasteiger partial charge on any atom is -0.357 e. The Morgan fingerprint density at radius 2 is 1.80 bits per heavy atom. The Kier molecular flexibility index (Phi) is 4.43. The first kappa shape index (κ1) is 16.1. The van der Waals surface area contributed by atoms with Crippen molar-refractivity contribution < 1.29 is 4.74 Å². The average molecular weight is 332 g/mol. The number of hydrogen-bond donors (Lipinski definition) is 0. The maximum Gasteiger partial charge on any atom is 0.138 e. The first-order chi connectivity index (χ1) is 12.2. The molecule has 0 N–H and O–H groups in total. The summed E-state index contributed by atoms with van der Waals surface area (Å²) in [4.78, 5) is 2.40. The van der Waals surface area contributed by atoms with Gasteiger partial charge in [-0.1, -0.05) is 48.0 Å². The molecule has 0 radical (unpaired) electrons. The van der Waals surface area contributed by atoms with Gasteiger partial charge in [0.15, 0.2) is 0 Å². The smallest absolute Gasteiger partial charge is 0.138 e. The number of nitrogens with zero attached hydrogens (tertiary/aromatic N) is 2. The molecule has 4 rings (SSSR count). The summed E-state index contributed by atoms with van der Waals surface area (Å²) < 4.78 is 8.23. The molecule has 1 aromatic heterocycles. The van der Waals surface area contributed by atoms with Gasteiger partial charge >= 0.3 is 0 Å². The summed E-state index contributed by atoms with van der Waals surface area (Å²) in [6.07, 6.45) is 4.36. The van der Waals surface area contributed by atoms with Gasteiger partial charge in [0.2, 0.25) is 0 Å². The second-order valence-corrected chi connectivity index (χ2v) is 6.82. The first-order valence-corrected chi connectivity index (χ1v) is 8.86. The predicted octanol–water partition coefficient (Wildman–Crippen LogP) is 4.63. The molecule has 3 nitrogen and oxygen atoms in total. The highest BCUT2D eigenvalue weighted by atomic mass is 16.5. The van der Waals surface area contributed by atoms with Crippen LogP contribution in [0.3, 0.4) is 0 Å². The number of rotatable bonds is 4. The molecule has 128 valence electrons. The summed E-state index contributed by atoms with van der Waals surface area (Å²) in [6, 6.07) is 19.4. The molecular formula is C22H24N2O. The van der Waals surface area contributed by atoms with E-state index in [1.54, 1.807) is 0 Å². The van der Waals surface area contributed by atoms with Crippen molar-refractivity contribution in [1.29, 1.82) is 0 Å². The van der Waals surface area contributed by atoms with Gasteiger partial charge in [-0.3, -0.25) is 4.90 Å². The van der Waals surface area contributed by atoms with Crippen LogP contribution in [0.5, 0.6) is 0 Å². The first-order valence-electron chi connectivity index (χ1n) is 8.86. The van der Waals surface area contributed by atoms with E-state index in [2.05, 4.69) is 90.3 Å². The summed E-state index contributed by atoms with van der Waals surface area (Å²) in [7, 11) is 0. The van der Waals surface area contributed by atoms with Crippen LogP contribution in [0.1, 0.15) is 28.5 Å². The summed E-state index contributed by atoms with van der Waals surface area (Å²) in [5.74, 6) is 0. The topological polar surface area (TPSA) is 17.4 Å². The summed E-state index contributed by atoms with van der Waals surface area (Å²) in [5, 5.41) is 0. The van der Waals surface area contributed by atoms with Crippen molar-refractivity contribution in [1.82, 2.24) is 9.47 Å². The van der Waals surface area contributed by atoms with Crippen LogP contribution in [-0.2, 0) is 11.3 Å². The molecule has 0 spiro atoms. The Bertz CT molecular complexity index is 850. The van der Waals surface area contributed by atoms with Crippen molar-refractivity contribution in [3.63, 3.8) is 0 Å². The number of aromatic nitrogens is 1. The summed E-state index contributed by atoms with van der Waals surface area (Å²) in [6.45, 7) is 6.94. The Balaban J connectivity index is 1.55. The Morgan fingerprint density at radius 1 is 1.00 bits per heavy atom. The quantitative estimate of drug-likeness (QED) is 0.693. The third kappa shape index (κ3) is 3.39. The number of para-hydroxylation sites is 1. The van der Waals surface area contributed by atoms with E-state index in [1.165, 1.54) is 27.9 Å². The van der Waals surface area contributed by atoms with E-state index in [-0.39, 0.29) is 6.23 Å². The highest BCUT2D eigenvalue weighted by Crippen LogP contribution is 2.29. The number of benzene rings is 2. The Hall–Kier alpha value is -2.36. The highest BCUT2D eigenvalue weighted by Gasteiger charge is 2.27. The van der Waals surface area contributed by atoms with Crippen molar-refractivity contribution in [2.75, 3.05) is 13.2 Å². The molecule has 3 aromatic rings. The molecule has 0 aliphatic carbocycles. The van der Waals surface area contributed by atoms with Crippen molar-refractivity contribution in [2.24, 2.45) is 0 Å². The fraction of sp³-hybridized carbons (Fsp3) is 0.273. The molecule has 25 heavy (non-hydrogen) atoms. The van der Waals surface area contributed by atoms with Gasteiger partial charge in [0.05, 0.1) is 6.61 Å². The van der Waals surface area contributed by atoms with Gasteiger partial charge in [0.1, 0.15) is 6.23 Å². The third-order valence-electron chi connectivity index (χ3n) is 4.89. The molecule has 1 saturated heterocycles.